The van der Waals surface area contributed by atoms with E-state index in [0.29, 0.717) is 5.82 Å². The summed E-state index contributed by atoms with van der Waals surface area (Å²) >= 11 is 0. The fraction of sp³-hybridized carbons (Fsp3) is 0.500. The lowest BCUT2D eigenvalue weighted by Gasteiger charge is -2.20. The molecule has 1 heterocycles. The zero-order valence-corrected chi connectivity index (χ0v) is 7.94. The summed E-state index contributed by atoms with van der Waals surface area (Å²) in [4.78, 5) is 7.59. The lowest BCUT2D eigenvalue weighted by molar-refractivity contribution is 0.0132. The number of nitrogens with one attached hydrogen (secondary N) is 1. The molecule has 1 unspecified atom stereocenters. The molecule has 0 fully saturated rings. The fourth-order valence-corrected chi connectivity index (χ4v) is 0.809. The van der Waals surface area contributed by atoms with Gasteiger partial charge in [0.25, 0.3) is 0 Å². The Labute approximate surface area is 81.8 Å². The van der Waals surface area contributed by atoms with Crippen molar-refractivity contribution in [2.45, 2.75) is 12.5 Å². The number of nitrogens with two attached hydrogens (primary N) is 1. The molecule has 1 atom stereocenters. The first-order chi connectivity index (χ1) is 6.53. The van der Waals surface area contributed by atoms with Gasteiger partial charge in [0, 0.05) is 12.7 Å². The Morgan fingerprint density at radius 1 is 1.64 bits per heavy atom. The molecular weight excluding hydrogens is 184 g/mol. The fourth-order valence-electron chi connectivity index (χ4n) is 0.809. The molecule has 0 radical (unpaired) electrons. The molecule has 0 aromatic carbocycles. The van der Waals surface area contributed by atoms with Gasteiger partial charge >= 0.3 is 0 Å². The molecular formula is C8H14N4O2. The summed E-state index contributed by atoms with van der Waals surface area (Å²) in [6.07, 6.45) is 1.51. The van der Waals surface area contributed by atoms with Crippen LogP contribution in [0.4, 0.5) is 11.8 Å². The van der Waals surface area contributed by atoms with Gasteiger partial charge in [0.1, 0.15) is 11.4 Å². The van der Waals surface area contributed by atoms with Crippen molar-refractivity contribution < 1.29 is 10.2 Å². The second-order valence-corrected chi connectivity index (χ2v) is 3.31. The molecule has 78 valence electrons. The van der Waals surface area contributed by atoms with Crippen molar-refractivity contribution in [2.24, 2.45) is 0 Å². The summed E-state index contributed by atoms with van der Waals surface area (Å²) < 4.78 is 0. The molecule has 0 aliphatic carbocycles. The van der Waals surface area contributed by atoms with Crippen LogP contribution in [0.2, 0.25) is 0 Å². The van der Waals surface area contributed by atoms with Crippen LogP contribution in [0.1, 0.15) is 6.92 Å². The highest BCUT2D eigenvalue weighted by Gasteiger charge is 2.18. The van der Waals surface area contributed by atoms with Gasteiger partial charge in [0.2, 0.25) is 5.95 Å². The first kappa shape index (κ1) is 10.7. The summed E-state index contributed by atoms with van der Waals surface area (Å²) in [5, 5.41) is 21.1. The smallest absolute Gasteiger partial charge is 0.221 e. The monoisotopic (exact) mass is 198 g/mol. The molecule has 0 saturated carbocycles. The molecule has 1 aromatic rings. The average Bonchev–Trinajstić information content (AvgIpc) is 2.15. The van der Waals surface area contributed by atoms with Crippen LogP contribution in [0.25, 0.3) is 0 Å². The number of aromatic nitrogens is 2. The Morgan fingerprint density at radius 3 is 2.93 bits per heavy atom. The van der Waals surface area contributed by atoms with Crippen LogP contribution < -0.4 is 11.1 Å². The second-order valence-electron chi connectivity index (χ2n) is 3.31. The van der Waals surface area contributed by atoms with Gasteiger partial charge in [0.05, 0.1) is 6.61 Å². The van der Waals surface area contributed by atoms with Crippen molar-refractivity contribution in [3.63, 3.8) is 0 Å². The van der Waals surface area contributed by atoms with Crippen molar-refractivity contribution in [3.05, 3.63) is 12.3 Å². The molecule has 5 N–H and O–H groups in total. The number of aliphatic hydroxyl groups excluding tert-OH is 1. The van der Waals surface area contributed by atoms with Crippen LogP contribution in [0.15, 0.2) is 12.3 Å². The Balaban J connectivity index is 2.54. The van der Waals surface area contributed by atoms with E-state index in [-0.39, 0.29) is 19.1 Å². The van der Waals surface area contributed by atoms with Crippen LogP contribution in [0, 0.1) is 0 Å². The van der Waals surface area contributed by atoms with Crippen LogP contribution >= 0.6 is 0 Å². The van der Waals surface area contributed by atoms with Crippen molar-refractivity contribution in [1.29, 1.82) is 0 Å². The summed E-state index contributed by atoms with van der Waals surface area (Å²) in [7, 11) is 0. The number of hydrogen-bond acceptors (Lipinski definition) is 6. The highest BCUT2D eigenvalue weighted by Crippen LogP contribution is 2.06. The molecule has 0 aliphatic rings. The Bertz CT molecular complexity index is 303. The molecule has 0 saturated heterocycles. The number of nitrogen functional groups attached to an aromatic ring is 1. The molecule has 1 aromatic heterocycles. The molecule has 0 aliphatic heterocycles. The molecule has 0 bridgehead atoms. The van der Waals surface area contributed by atoms with E-state index in [2.05, 4.69) is 15.3 Å². The van der Waals surface area contributed by atoms with Crippen molar-refractivity contribution in [1.82, 2.24) is 9.97 Å². The summed E-state index contributed by atoms with van der Waals surface area (Å²) in [6.45, 7) is 1.39. The van der Waals surface area contributed by atoms with E-state index in [9.17, 15) is 5.11 Å². The predicted octanol–water partition coefficient (Wildman–Crippen LogP) is -0.786. The van der Waals surface area contributed by atoms with Crippen LogP contribution in [-0.4, -0.2) is 38.9 Å². The topological polar surface area (TPSA) is 104 Å². The maximum Gasteiger partial charge on any atom is 0.221 e. The maximum atomic E-state index is 9.47. The van der Waals surface area contributed by atoms with Gasteiger partial charge in [-0.1, -0.05) is 0 Å². The number of nitrogens with zero attached hydrogens (tertiary/aromatic N) is 2. The Kier molecular flexibility index (Phi) is 3.21. The van der Waals surface area contributed by atoms with Gasteiger partial charge in [-0.25, -0.2) is 4.98 Å². The minimum atomic E-state index is -1.17. The lowest BCUT2D eigenvalue weighted by atomic mass is 10.1. The summed E-state index contributed by atoms with van der Waals surface area (Å²) in [6, 6.07) is 1.63. The zero-order chi connectivity index (χ0) is 10.6. The minimum Gasteiger partial charge on any atom is -0.393 e. The van der Waals surface area contributed by atoms with E-state index in [0.717, 1.165) is 0 Å². The standard InChI is InChI=1S/C8H14N4O2/c1-8(14,5-13)4-11-6-2-3-10-7(9)12-6/h2-3,13-14H,4-5H2,1H3,(H3,9,10,11,12). The molecule has 0 spiro atoms. The Morgan fingerprint density at radius 2 is 2.36 bits per heavy atom. The highest BCUT2D eigenvalue weighted by atomic mass is 16.3. The summed E-state index contributed by atoms with van der Waals surface area (Å²) in [5.74, 6) is 0.685. The van der Waals surface area contributed by atoms with Crippen LogP contribution in [-0.2, 0) is 0 Å². The molecule has 6 heteroatoms. The van der Waals surface area contributed by atoms with Crippen molar-refractivity contribution in [3.8, 4) is 0 Å². The Hall–Kier alpha value is -1.40. The summed E-state index contributed by atoms with van der Waals surface area (Å²) in [5.41, 5.74) is 4.19. The van der Waals surface area contributed by atoms with E-state index in [1.165, 1.54) is 13.1 Å². The third kappa shape index (κ3) is 3.15. The normalized spacial score (nSPS) is 14.8. The van der Waals surface area contributed by atoms with Crippen LogP contribution in [0.3, 0.4) is 0 Å². The number of aliphatic hydroxyl groups is 2. The predicted molar refractivity (Wildman–Crippen MR) is 52.6 cm³/mol. The van der Waals surface area contributed by atoms with E-state index >= 15 is 0 Å². The molecule has 14 heavy (non-hydrogen) atoms. The quantitative estimate of drug-likeness (QED) is 0.505. The van der Waals surface area contributed by atoms with Gasteiger partial charge in [-0.15, -0.1) is 0 Å². The molecule has 1 rings (SSSR count). The lowest BCUT2D eigenvalue weighted by Crippen LogP contribution is -2.37. The number of hydrogen-bond donors (Lipinski definition) is 4. The third-order valence-corrected chi connectivity index (χ3v) is 1.67. The van der Waals surface area contributed by atoms with Gasteiger partial charge in [-0.2, -0.15) is 4.98 Å². The van der Waals surface area contributed by atoms with E-state index in [4.69, 9.17) is 10.8 Å². The van der Waals surface area contributed by atoms with Crippen molar-refractivity contribution in [2.75, 3.05) is 24.2 Å². The van der Waals surface area contributed by atoms with E-state index in [1.54, 1.807) is 6.07 Å². The number of anilines is 2. The van der Waals surface area contributed by atoms with E-state index < -0.39 is 5.60 Å². The van der Waals surface area contributed by atoms with Gasteiger partial charge in [-0.05, 0) is 13.0 Å². The largest absolute Gasteiger partial charge is 0.393 e. The van der Waals surface area contributed by atoms with Gasteiger partial charge in [0.15, 0.2) is 0 Å². The second kappa shape index (κ2) is 4.21. The van der Waals surface area contributed by atoms with Crippen molar-refractivity contribution >= 4 is 11.8 Å². The van der Waals surface area contributed by atoms with Gasteiger partial charge < -0.3 is 21.3 Å². The molecule has 6 nitrogen and oxygen atoms in total. The first-order valence-corrected chi connectivity index (χ1v) is 4.19. The average molecular weight is 198 g/mol. The minimum absolute atomic E-state index is 0.165. The first-order valence-electron chi connectivity index (χ1n) is 4.19. The van der Waals surface area contributed by atoms with Gasteiger partial charge in [-0.3, -0.25) is 0 Å². The van der Waals surface area contributed by atoms with Crippen LogP contribution in [0.5, 0.6) is 0 Å². The maximum absolute atomic E-state index is 9.47. The SMILES string of the molecule is CC(O)(CO)CNc1ccnc(N)n1. The molecule has 0 amide bonds. The van der Waals surface area contributed by atoms with E-state index in [1.807, 2.05) is 0 Å². The highest BCUT2D eigenvalue weighted by molar-refractivity contribution is 5.37. The number of rotatable bonds is 4. The zero-order valence-electron chi connectivity index (χ0n) is 7.94. The third-order valence-electron chi connectivity index (χ3n) is 1.67.